The van der Waals surface area contributed by atoms with Crippen LogP contribution in [0.4, 0.5) is 4.39 Å². The number of hydrogen-bond acceptors (Lipinski definition) is 4. The molecular formula is C18H24FN3O3. The van der Waals surface area contributed by atoms with E-state index in [0.29, 0.717) is 19.4 Å². The number of carbonyl (C=O) groups excluding carboxylic acids is 2. The molecule has 2 rings (SSSR count). The van der Waals surface area contributed by atoms with Crippen LogP contribution in [0.25, 0.3) is 0 Å². The number of nitrogens with zero attached hydrogens (tertiary/aromatic N) is 1. The summed E-state index contributed by atoms with van der Waals surface area (Å²) in [6.07, 6.45) is 0.837. The Bertz CT molecular complexity index is 661. The summed E-state index contributed by atoms with van der Waals surface area (Å²) in [7, 11) is 0. The lowest BCUT2D eigenvalue weighted by Crippen LogP contribution is -2.50. The fraction of sp³-hybridized carbons (Fsp3) is 0.500. The van der Waals surface area contributed by atoms with E-state index in [1.54, 1.807) is 6.07 Å². The van der Waals surface area contributed by atoms with Gasteiger partial charge >= 0.3 is 0 Å². The molecule has 1 aliphatic rings. The number of carbonyl (C=O) groups is 2. The first-order valence-corrected chi connectivity index (χ1v) is 8.36. The number of hydrogen-bond donors (Lipinski definition) is 2. The molecule has 2 N–H and O–H groups in total. The summed E-state index contributed by atoms with van der Waals surface area (Å²) in [6.45, 7) is 5.42. The van der Waals surface area contributed by atoms with Gasteiger partial charge in [0.2, 0.25) is 11.8 Å². The van der Waals surface area contributed by atoms with Crippen molar-refractivity contribution in [2.75, 3.05) is 6.54 Å². The molecule has 0 spiro atoms. The normalized spacial score (nSPS) is 17.6. The molecule has 6 nitrogen and oxygen atoms in total. The Hall–Kier alpha value is -2.44. The van der Waals surface area contributed by atoms with E-state index < -0.39 is 6.04 Å². The third-order valence-electron chi connectivity index (χ3n) is 3.90. The SMILES string of the molecule is CC(=O)NC(C(=O)NCC1CC(Cc2cccc(F)c2)=NO1)C(C)C. The number of halogens is 1. The maximum Gasteiger partial charge on any atom is 0.242 e. The summed E-state index contributed by atoms with van der Waals surface area (Å²) >= 11 is 0. The predicted octanol–water partition coefficient (Wildman–Crippen LogP) is 1.79. The van der Waals surface area contributed by atoms with Gasteiger partial charge in [0.1, 0.15) is 18.0 Å². The van der Waals surface area contributed by atoms with Gasteiger partial charge in [0.25, 0.3) is 0 Å². The minimum Gasteiger partial charge on any atom is -0.390 e. The Morgan fingerprint density at radius 3 is 2.80 bits per heavy atom. The Morgan fingerprint density at radius 1 is 1.40 bits per heavy atom. The van der Waals surface area contributed by atoms with Gasteiger partial charge in [0.05, 0.1) is 12.3 Å². The molecule has 25 heavy (non-hydrogen) atoms. The number of nitrogens with one attached hydrogen (secondary N) is 2. The molecule has 2 amide bonds. The van der Waals surface area contributed by atoms with Crippen molar-refractivity contribution >= 4 is 17.5 Å². The fourth-order valence-corrected chi connectivity index (χ4v) is 2.66. The molecule has 136 valence electrons. The van der Waals surface area contributed by atoms with Crippen molar-refractivity contribution < 1.29 is 18.8 Å². The molecule has 0 fully saturated rings. The highest BCUT2D eigenvalue weighted by Gasteiger charge is 2.26. The van der Waals surface area contributed by atoms with E-state index >= 15 is 0 Å². The average Bonchev–Trinajstić information content (AvgIpc) is 2.97. The van der Waals surface area contributed by atoms with Crippen molar-refractivity contribution in [2.45, 2.75) is 45.8 Å². The summed E-state index contributed by atoms with van der Waals surface area (Å²) in [5, 5.41) is 9.46. The lowest BCUT2D eigenvalue weighted by Gasteiger charge is -2.21. The molecule has 2 atom stereocenters. The van der Waals surface area contributed by atoms with Crippen LogP contribution < -0.4 is 10.6 Å². The molecule has 7 heteroatoms. The number of benzene rings is 1. The van der Waals surface area contributed by atoms with Crippen LogP contribution in [0.5, 0.6) is 0 Å². The first-order chi connectivity index (χ1) is 11.8. The molecule has 0 bridgehead atoms. The molecule has 0 saturated heterocycles. The van der Waals surface area contributed by atoms with Crippen LogP contribution in [0.2, 0.25) is 0 Å². The molecule has 1 aromatic carbocycles. The minimum absolute atomic E-state index is 0.0202. The Labute approximate surface area is 146 Å². The number of rotatable bonds is 7. The van der Waals surface area contributed by atoms with E-state index in [0.717, 1.165) is 11.3 Å². The second kappa shape index (κ2) is 8.60. The van der Waals surface area contributed by atoms with Crippen LogP contribution in [0.3, 0.4) is 0 Å². The van der Waals surface area contributed by atoms with Crippen LogP contribution in [-0.2, 0) is 20.8 Å². The lowest BCUT2D eigenvalue weighted by atomic mass is 10.0. The topological polar surface area (TPSA) is 79.8 Å². The molecule has 0 saturated carbocycles. The van der Waals surface area contributed by atoms with Crippen LogP contribution in [-0.4, -0.2) is 36.2 Å². The third kappa shape index (κ3) is 5.85. The maximum atomic E-state index is 13.2. The highest BCUT2D eigenvalue weighted by Crippen LogP contribution is 2.15. The predicted molar refractivity (Wildman–Crippen MR) is 92.5 cm³/mol. The van der Waals surface area contributed by atoms with E-state index in [2.05, 4.69) is 15.8 Å². The molecule has 1 aliphatic heterocycles. The zero-order chi connectivity index (χ0) is 18.4. The van der Waals surface area contributed by atoms with Gasteiger partial charge in [0.15, 0.2) is 0 Å². The second-order valence-electron chi connectivity index (χ2n) is 6.56. The van der Waals surface area contributed by atoms with E-state index in [-0.39, 0.29) is 29.7 Å². The zero-order valence-corrected chi connectivity index (χ0v) is 14.7. The molecular weight excluding hydrogens is 325 g/mol. The fourth-order valence-electron chi connectivity index (χ4n) is 2.66. The van der Waals surface area contributed by atoms with Gasteiger partial charge in [-0.05, 0) is 23.6 Å². The highest BCUT2D eigenvalue weighted by molar-refractivity contribution is 5.88. The molecule has 0 aromatic heterocycles. The van der Waals surface area contributed by atoms with Crippen LogP contribution in [0, 0.1) is 11.7 Å². The van der Waals surface area contributed by atoms with Gasteiger partial charge in [-0.15, -0.1) is 0 Å². The average molecular weight is 349 g/mol. The van der Waals surface area contributed by atoms with Gasteiger partial charge in [-0.25, -0.2) is 4.39 Å². The third-order valence-corrected chi connectivity index (χ3v) is 3.90. The van der Waals surface area contributed by atoms with Crippen LogP contribution in [0.15, 0.2) is 29.4 Å². The lowest BCUT2D eigenvalue weighted by molar-refractivity contribution is -0.129. The van der Waals surface area contributed by atoms with Crippen molar-refractivity contribution in [3.8, 4) is 0 Å². The Morgan fingerprint density at radius 2 is 2.16 bits per heavy atom. The van der Waals surface area contributed by atoms with Gasteiger partial charge in [-0.1, -0.05) is 31.1 Å². The standard InChI is InChI=1S/C18H24FN3O3/c1-11(2)17(21-12(3)23)18(24)20-10-16-9-15(22-25-16)8-13-5-4-6-14(19)7-13/h4-7,11,16-17H,8-10H2,1-3H3,(H,20,24)(H,21,23). The van der Waals surface area contributed by atoms with Gasteiger partial charge in [-0.3, -0.25) is 9.59 Å². The first-order valence-electron chi connectivity index (χ1n) is 8.36. The number of oxime groups is 1. The summed E-state index contributed by atoms with van der Waals surface area (Å²) in [5.41, 5.74) is 1.64. The first kappa shape index (κ1) is 18.9. The van der Waals surface area contributed by atoms with Crippen molar-refractivity contribution in [3.05, 3.63) is 35.6 Å². The van der Waals surface area contributed by atoms with Gasteiger partial charge in [0, 0.05) is 19.8 Å². The minimum atomic E-state index is -0.577. The van der Waals surface area contributed by atoms with Crippen molar-refractivity contribution in [1.29, 1.82) is 0 Å². The van der Waals surface area contributed by atoms with Crippen molar-refractivity contribution in [1.82, 2.24) is 10.6 Å². The molecule has 0 radical (unpaired) electrons. The summed E-state index contributed by atoms with van der Waals surface area (Å²) in [6, 6.07) is 5.79. The Kier molecular flexibility index (Phi) is 6.50. The van der Waals surface area contributed by atoms with E-state index in [4.69, 9.17) is 4.84 Å². The summed E-state index contributed by atoms with van der Waals surface area (Å²) in [5.74, 6) is -0.786. The largest absolute Gasteiger partial charge is 0.390 e. The summed E-state index contributed by atoms with van der Waals surface area (Å²) in [4.78, 5) is 28.8. The van der Waals surface area contributed by atoms with E-state index in [1.165, 1.54) is 19.1 Å². The monoisotopic (exact) mass is 349 g/mol. The maximum absolute atomic E-state index is 13.2. The zero-order valence-electron chi connectivity index (χ0n) is 14.7. The molecule has 0 aliphatic carbocycles. The van der Waals surface area contributed by atoms with Crippen molar-refractivity contribution in [2.24, 2.45) is 11.1 Å². The second-order valence-corrected chi connectivity index (χ2v) is 6.56. The molecule has 1 heterocycles. The molecule has 2 unspecified atom stereocenters. The summed E-state index contributed by atoms with van der Waals surface area (Å²) < 4.78 is 13.2. The van der Waals surface area contributed by atoms with E-state index in [1.807, 2.05) is 19.9 Å². The Balaban J connectivity index is 1.79. The number of amides is 2. The van der Waals surface area contributed by atoms with E-state index in [9.17, 15) is 14.0 Å². The smallest absolute Gasteiger partial charge is 0.242 e. The highest BCUT2D eigenvalue weighted by atomic mass is 19.1. The van der Waals surface area contributed by atoms with Gasteiger partial charge in [-0.2, -0.15) is 0 Å². The quantitative estimate of drug-likeness (QED) is 0.788. The van der Waals surface area contributed by atoms with Crippen LogP contribution in [0.1, 0.15) is 32.8 Å². The molecule has 1 aromatic rings. The van der Waals surface area contributed by atoms with Crippen LogP contribution >= 0.6 is 0 Å². The van der Waals surface area contributed by atoms with Gasteiger partial charge < -0.3 is 15.5 Å². The van der Waals surface area contributed by atoms with Crippen molar-refractivity contribution in [3.63, 3.8) is 0 Å².